The standard InChI is InChI=1S/C16H28N2O/c1-4-18(13-14(2)3)11-12-19-16-7-5-15(6-8-16)9-10-17/h5-8,14H,4,9-13,17H2,1-3H3. The van der Waals surface area contributed by atoms with E-state index in [-0.39, 0.29) is 0 Å². The Bertz CT molecular complexity index is 335. The SMILES string of the molecule is CCN(CCOc1ccc(CCN)cc1)CC(C)C. The molecule has 0 unspecified atom stereocenters. The topological polar surface area (TPSA) is 38.5 Å². The number of hydrogen-bond donors (Lipinski definition) is 1. The summed E-state index contributed by atoms with van der Waals surface area (Å²) in [6.45, 7) is 11.3. The van der Waals surface area contributed by atoms with E-state index in [0.717, 1.165) is 38.4 Å². The molecule has 19 heavy (non-hydrogen) atoms. The zero-order valence-electron chi connectivity index (χ0n) is 12.6. The van der Waals surface area contributed by atoms with E-state index >= 15 is 0 Å². The van der Waals surface area contributed by atoms with Gasteiger partial charge in [0.1, 0.15) is 12.4 Å². The molecule has 0 spiro atoms. The van der Waals surface area contributed by atoms with Crippen molar-refractivity contribution in [2.24, 2.45) is 11.7 Å². The lowest BCUT2D eigenvalue weighted by Gasteiger charge is -2.22. The summed E-state index contributed by atoms with van der Waals surface area (Å²) in [5.74, 6) is 1.65. The summed E-state index contributed by atoms with van der Waals surface area (Å²) in [6.07, 6.45) is 0.929. The number of nitrogens with two attached hydrogens (primary N) is 1. The summed E-state index contributed by atoms with van der Waals surface area (Å²) in [5, 5.41) is 0. The lowest BCUT2D eigenvalue weighted by atomic mass is 10.1. The van der Waals surface area contributed by atoms with Crippen molar-refractivity contribution >= 4 is 0 Å². The summed E-state index contributed by atoms with van der Waals surface area (Å²) in [7, 11) is 0. The fourth-order valence-corrected chi connectivity index (χ4v) is 2.11. The molecular weight excluding hydrogens is 236 g/mol. The van der Waals surface area contributed by atoms with Crippen LogP contribution in [0.15, 0.2) is 24.3 Å². The summed E-state index contributed by atoms with van der Waals surface area (Å²) in [4.78, 5) is 2.42. The van der Waals surface area contributed by atoms with Crippen molar-refractivity contribution in [3.8, 4) is 5.75 Å². The Morgan fingerprint density at radius 3 is 2.42 bits per heavy atom. The molecule has 0 amide bonds. The van der Waals surface area contributed by atoms with Crippen LogP contribution in [0.5, 0.6) is 5.75 Å². The molecule has 0 saturated carbocycles. The number of rotatable bonds is 9. The van der Waals surface area contributed by atoms with Crippen LogP contribution >= 0.6 is 0 Å². The Labute approximate surface area is 117 Å². The van der Waals surface area contributed by atoms with E-state index in [4.69, 9.17) is 10.5 Å². The molecule has 0 radical (unpaired) electrons. The predicted molar refractivity (Wildman–Crippen MR) is 81.6 cm³/mol. The van der Waals surface area contributed by atoms with Crippen molar-refractivity contribution in [2.45, 2.75) is 27.2 Å². The third-order valence-electron chi connectivity index (χ3n) is 3.10. The molecule has 0 aliphatic rings. The first kappa shape index (κ1) is 16.0. The van der Waals surface area contributed by atoms with Crippen LogP contribution in [-0.2, 0) is 6.42 Å². The molecule has 0 fully saturated rings. The summed E-state index contributed by atoms with van der Waals surface area (Å²) in [5.41, 5.74) is 6.80. The average Bonchev–Trinajstić information content (AvgIpc) is 2.39. The van der Waals surface area contributed by atoms with Crippen LogP contribution in [0.1, 0.15) is 26.3 Å². The van der Waals surface area contributed by atoms with Crippen LogP contribution in [0, 0.1) is 5.92 Å². The van der Waals surface area contributed by atoms with E-state index in [1.165, 1.54) is 5.56 Å². The molecular formula is C16H28N2O. The third kappa shape index (κ3) is 6.60. The van der Waals surface area contributed by atoms with Gasteiger partial charge in [0.15, 0.2) is 0 Å². The molecule has 0 heterocycles. The largest absolute Gasteiger partial charge is 0.492 e. The maximum absolute atomic E-state index is 5.78. The summed E-state index contributed by atoms with van der Waals surface area (Å²) < 4.78 is 5.78. The number of hydrogen-bond acceptors (Lipinski definition) is 3. The molecule has 0 saturated heterocycles. The highest BCUT2D eigenvalue weighted by molar-refractivity contribution is 5.27. The minimum atomic E-state index is 0.695. The molecule has 3 heteroatoms. The van der Waals surface area contributed by atoms with E-state index in [0.29, 0.717) is 12.5 Å². The number of benzene rings is 1. The third-order valence-corrected chi connectivity index (χ3v) is 3.10. The van der Waals surface area contributed by atoms with Crippen LogP contribution in [0.4, 0.5) is 0 Å². The fourth-order valence-electron chi connectivity index (χ4n) is 2.11. The van der Waals surface area contributed by atoms with Crippen molar-refractivity contribution in [3.05, 3.63) is 29.8 Å². The van der Waals surface area contributed by atoms with Crippen molar-refractivity contribution in [2.75, 3.05) is 32.8 Å². The second-order valence-corrected chi connectivity index (χ2v) is 5.32. The van der Waals surface area contributed by atoms with Crippen LogP contribution in [-0.4, -0.2) is 37.7 Å². The van der Waals surface area contributed by atoms with Gasteiger partial charge in [-0.15, -0.1) is 0 Å². The second kappa shape index (κ2) is 8.94. The molecule has 108 valence electrons. The first-order chi connectivity index (χ1) is 9.15. The van der Waals surface area contributed by atoms with Gasteiger partial charge in [0.2, 0.25) is 0 Å². The highest BCUT2D eigenvalue weighted by Crippen LogP contribution is 2.12. The van der Waals surface area contributed by atoms with Crippen LogP contribution < -0.4 is 10.5 Å². The molecule has 0 aliphatic heterocycles. The van der Waals surface area contributed by atoms with Crippen molar-refractivity contribution in [3.63, 3.8) is 0 Å². The van der Waals surface area contributed by atoms with E-state index in [2.05, 4.69) is 37.8 Å². The minimum absolute atomic E-state index is 0.695. The first-order valence-electron chi connectivity index (χ1n) is 7.29. The van der Waals surface area contributed by atoms with Gasteiger partial charge in [-0.05, 0) is 43.1 Å². The van der Waals surface area contributed by atoms with Gasteiger partial charge in [0.05, 0.1) is 0 Å². The molecule has 0 aromatic heterocycles. The average molecular weight is 264 g/mol. The molecule has 1 aromatic rings. The number of ether oxygens (including phenoxy) is 1. The maximum Gasteiger partial charge on any atom is 0.119 e. The van der Waals surface area contributed by atoms with Crippen molar-refractivity contribution in [1.82, 2.24) is 4.90 Å². The van der Waals surface area contributed by atoms with Gasteiger partial charge in [0.25, 0.3) is 0 Å². The Morgan fingerprint density at radius 1 is 1.21 bits per heavy atom. The Morgan fingerprint density at radius 2 is 1.89 bits per heavy atom. The zero-order valence-corrected chi connectivity index (χ0v) is 12.6. The normalized spacial score (nSPS) is 11.3. The first-order valence-corrected chi connectivity index (χ1v) is 7.29. The summed E-state index contributed by atoms with van der Waals surface area (Å²) >= 11 is 0. The minimum Gasteiger partial charge on any atom is -0.492 e. The van der Waals surface area contributed by atoms with Crippen molar-refractivity contribution < 1.29 is 4.74 Å². The highest BCUT2D eigenvalue weighted by Gasteiger charge is 2.05. The zero-order chi connectivity index (χ0) is 14.1. The van der Waals surface area contributed by atoms with Gasteiger partial charge >= 0.3 is 0 Å². The van der Waals surface area contributed by atoms with E-state index in [1.807, 2.05) is 12.1 Å². The quantitative estimate of drug-likeness (QED) is 0.745. The molecule has 3 nitrogen and oxygen atoms in total. The highest BCUT2D eigenvalue weighted by atomic mass is 16.5. The van der Waals surface area contributed by atoms with Gasteiger partial charge in [-0.1, -0.05) is 32.9 Å². The Hall–Kier alpha value is -1.06. The maximum atomic E-state index is 5.78. The van der Waals surface area contributed by atoms with E-state index in [1.54, 1.807) is 0 Å². The molecule has 0 atom stereocenters. The second-order valence-electron chi connectivity index (χ2n) is 5.32. The monoisotopic (exact) mass is 264 g/mol. The lowest BCUT2D eigenvalue weighted by Crippen LogP contribution is -2.31. The van der Waals surface area contributed by atoms with Gasteiger partial charge in [-0.3, -0.25) is 4.90 Å². The van der Waals surface area contributed by atoms with Gasteiger partial charge < -0.3 is 10.5 Å². The van der Waals surface area contributed by atoms with Crippen LogP contribution in [0.3, 0.4) is 0 Å². The van der Waals surface area contributed by atoms with Crippen molar-refractivity contribution in [1.29, 1.82) is 0 Å². The molecule has 2 N–H and O–H groups in total. The van der Waals surface area contributed by atoms with Gasteiger partial charge in [0, 0.05) is 13.1 Å². The summed E-state index contributed by atoms with van der Waals surface area (Å²) in [6, 6.07) is 8.25. The smallest absolute Gasteiger partial charge is 0.119 e. The van der Waals surface area contributed by atoms with E-state index < -0.39 is 0 Å². The van der Waals surface area contributed by atoms with Gasteiger partial charge in [-0.2, -0.15) is 0 Å². The Kier molecular flexibility index (Phi) is 7.53. The lowest BCUT2D eigenvalue weighted by molar-refractivity contribution is 0.200. The Balaban J connectivity index is 2.31. The van der Waals surface area contributed by atoms with E-state index in [9.17, 15) is 0 Å². The molecule has 0 bridgehead atoms. The fraction of sp³-hybridized carbons (Fsp3) is 0.625. The van der Waals surface area contributed by atoms with Crippen LogP contribution in [0.2, 0.25) is 0 Å². The molecule has 1 rings (SSSR count). The molecule has 1 aromatic carbocycles. The van der Waals surface area contributed by atoms with Crippen LogP contribution in [0.25, 0.3) is 0 Å². The number of likely N-dealkylation sites (N-methyl/N-ethyl adjacent to an activating group) is 1. The predicted octanol–water partition coefficient (Wildman–Crippen LogP) is 2.54. The number of nitrogens with zero attached hydrogens (tertiary/aromatic N) is 1. The van der Waals surface area contributed by atoms with Gasteiger partial charge in [-0.25, -0.2) is 0 Å². The molecule has 0 aliphatic carbocycles.